The molecule has 1 unspecified atom stereocenters. The summed E-state index contributed by atoms with van der Waals surface area (Å²) in [7, 11) is 1.97. The van der Waals surface area contributed by atoms with Gasteiger partial charge in [0, 0.05) is 24.2 Å². The summed E-state index contributed by atoms with van der Waals surface area (Å²) in [5.41, 5.74) is 3.18. The third-order valence-electron chi connectivity index (χ3n) is 3.86. The van der Waals surface area contributed by atoms with Crippen molar-refractivity contribution >= 4 is 10.9 Å². The number of aryl methyl sites for hydroxylation is 2. The van der Waals surface area contributed by atoms with E-state index in [4.69, 9.17) is 0 Å². The molecule has 2 heterocycles. The summed E-state index contributed by atoms with van der Waals surface area (Å²) >= 11 is 0. The third-order valence-corrected chi connectivity index (χ3v) is 3.86. The minimum absolute atomic E-state index is 0.127. The zero-order valence-corrected chi connectivity index (χ0v) is 10.3. The van der Waals surface area contributed by atoms with Gasteiger partial charge < -0.3 is 9.88 Å². The molecule has 0 spiro atoms. The first-order chi connectivity index (χ1) is 8.20. The maximum atomic E-state index is 13.9. The van der Waals surface area contributed by atoms with E-state index in [1.165, 1.54) is 23.7 Å². The van der Waals surface area contributed by atoms with E-state index in [2.05, 4.69) is 12.2 Å². The smallest absolute Gasteiger partial charge is 0.147 e. The first-order valence-electron chi connectivity index (χ1n) is 6.17. The zero-order valence-electron chi connectivity index (χ0n) is 10.3. The number of aromatic nitrogens is 1. The van der Waals surface area contributed by atoms with Crippen LogP contribution in [-0.4, -0.2) is 11.1 Å². The van der Waals surface area contributed by atoms with Crippen LogP contribution in [0.4, 0.5) is 4.39 Å². The number of nitrogens with one attached hydrogen (secondary N) is 1. The van der Waals surface area contributed by atoms with E-state index in [9.17, 15) is 4.39 Å². The molecular weight excluding hydrogens is 215 g/mol. The number of rotatable bonds is 1. The van der Waals surface area contributed by atoms with Crippen LogP contribution in [0.3, 0.4) is 0 Å². The molecule has 1 aromatic heterocycles. The second-order valence-corrected chi connectivity index (χ2v) is 4.85. The number of para-hydroxylation sites is 1. The van der Waals surface area contributed by atoms with Crippen LogP contribution in [0.15, 0.2) is 18.2 Å². The molecule has 0 radical (unpaired) electrons. The minimum Gasteiger partial charge on any atom is -0.344 e. The average molecular weight is 232 g/mol. The third kappa shape index (κ3) is 1.49. The molecule has 3 heteroatoms. The van der Waals surface area contributed by atoms with Crippen molar-refractivity contribution in [3.63, 3.8) is 0 Å². The lowest BCUT2D eigenvalue weighted by Crippen LogP contribution is -2.16. The number of hydrogen-bond acceptors (Lipinski definition) is 1. The largest absolute Gasteiger partial charge is 0.344 e. The molecule has 1 N–H and O–H groups in total. The number of halogens is 1. The molecule has 2 nitrogen and oxygen atoms in total. The summed E-state index contributed by atoms with van der Waals surface area (Å²) in [6, 6.07) is 5.71. The number of fused-ring (bicyclic) bond motifs is 1. The highest BCUT2D eigenvalue weighted by Gasteiger charge is 2.24. The van der Waals surface area contributed by atoms with Crippen molar-refractivity contribution in [2.24, 2.45) is 7.05 Å². The van der Waals surface area contributed by atoms with Crippen LogP contribution in [-0.2, 0) is 7.05 Å². The highest BCUT2D eigenvalue weighted by molar-refractivity contribution is 5.86. The Labute approximate surface area is 100 Å². The summed E-state index contributed by atoms with van der Waals surface area (Å²) in [4.78, 5) is 0. The first kappa shape index (κ1) is 10.8. The van der Waals surface area contributed by atoms with Gasteiger partial charge in [-0.15, -0.1) is 0 Å². The Kier molecular flexibility index (Phi) is 2.44. The van der Waals surface area contributed by atoms with Crippen LogP contribution < -0.4 is 5.32 Å². The predicted molar refractivity (Wildman–Crippen MR) is 67.6 cm³/mol. The SMILES string of the molecule is Cc1c(C2CCCN2)n(C)c2c(F)cccc12. The lowest BCUT2D eigenvalue weighted by Gasteiger charge is -2.13. The van der Waals surface area contributed by atoms with Crippen molar-refractivity contribution in [2.75, 3.05) is 6.54 Å². The maximum Gasteiger partial charge on any atom is 0.147 e. The van der Waals surface area contributed by atoms with Crippen molar-refractivity contribution < 1.29 is 4.39 Å². The highest BCUT2D eigenvalue weighted by Crippen LogP contribution is 2.33. The van der Waals surface area contributed by atoms with E-state index in [0.29, 0.717) is 6.04 Å². The fourth-order valence-electron chi connectivity index (χ4n) is 3.08. The van der Waals surface area contributed by atoms with E-state index in [-0.39, 0.29) is 5.82 Å². The van der Waals surface area contributed by atoms with Crippen molar-refractivity contribution in [2.45, 2.75) is 25.8 Å². The van der Waals surface area contributed by atoms with E-state index < -0.39 is 0 Å². The molecular formula is C14H17FN2. The van der Waals surface area contributed by atoms with Crippen molar-refractivity contribution in [3.8, 4) is 0 Å². The minimum atomic E-state index is -0.127. The van der Waals surface area contributed by atoms with E-state index >= 15 is 0 Å². The lowest BCUT2D eigenvalue weighted by molar-refractivity contribution is 0.591. The zero-order chi connectivity index (χ0) is 12.0. The van der Waals surface area contributed by atoms with Crippen LogP contribution >= 0.6 is 0 Å². The van der Waals surface area contributed by atoms with Crippen LogP contribution in [0.2, 0.25) is 0 Å². The molecule has 0 amide bonds. The van der Waals surface area contributed by atoms with Gasteiger partial charge in [-0.2, -0.15) is 0 Å². The Hall–Kier alpha value is -1.35. The average Bonchev–Trinajstić information content (AvgIpc) is 2.88. The second-order valence-electron chi connectivity index (χ2n) is 4.85. The summed E-state index contributed by atoms with van der Waals surface area (Å²) in [6.45, 7) is 3.16. The number of benzene rings is 1. The van der Waals surface area contributed by atoms with Crippen molar-refractivity contribution in [1.82, 2.24) is 9.88 Å². The highest BCUT2D eigenvalue weighted by atomic mass is 19.1. The van der Waals surface area contributed by atoms with Crippen LogP contribution in [0.1, 0.15) is 30.1 Å². The molecule has 1 aliphatic heterocycles. The van der Waals surface area contributed by atoms with Gasteiger partial charge >= 0.3 is 0 Å². The fraction of sp³-hybridized carbons (Fsp3) is 0.429. The second kappa shape index (κ2) is 3.84. The van der Waals surface area contributed by atoms with Gasteiger partial charge in [0.1, 0.15) is 5.82 Å². The molecule has 0 aliphatic carbocycles. The number of hydrogen-bond donors (Lipinski definition) is 1. The molecule has 1 saturated heterocycles. The topological polar surface area (TPSA) is 17.0 Å². The van der Waals surface area contributed by atoms with Gasteiger partial charge in [0.05, 0.1) is 5.52 Å². The number of nitrogens with zero attached hydrogens (tertiary/aromatic N) is 1. The maximum absolute atomic E-state index is 13.9. The van der Waals surface area contributed by atoms with Crippen LogP contribution in [0, 0.1) is 12.7 Å². The molecule has 17 heavy (non-hydrogen) atoms. The van der Waals surface area contributed by atoms with E-state index in [0.717, 1.165) is 23.9 Å². The first-order valence-corrected chi connectivity index (χ1v) is 6.17. The monoisotopic (exact) mass is 232 g/mol. The summed E-state index contributed by atoms with van der Waals surface area (Å²) in [5.74, 6) is -0.127. The quantitative estimate of drug-likeness (QED) is 0.799. The van der Waals surface area contributed by atoms with Gasteiger partial charge in [-0.05, 0) is 37.9 Å². The molecule has 2 aromatic rings. The standard InChI is InChI=1S/C14H17FN2/c1-9-10-5-3-6-11(15)14(10)17(2)13(9)12-7-4-8-16-12/h3,5-6,12,16H,4,7-8H2,1-2H3. The van der Waals surface area contributed by atoms with Crippen LogP contribution in [0.5, 0.6) is 0 Å². The molecule has 0 bridgehead atoms. The molecule has 1 aliphatic rings. The Bertz CT molecular complexity index is 565. The molecule has 1 atom stereocenters. The van der Waals surface area contributed by atoms with Gasteiger partial charge in [0.25, 0.3) is 0 Å². The van der Waals surface area contributed by atoms with Gasteiger partial charge in [0.15, 0.2) is 0 Å². The van der Waals surface area contributed by atoms with Gasteiger partial charge in [0.2, 0.25) is 0 Å². The molecule has 90 valence electrons. The lowest BCUT2D eigenvalue weighted by atomic mass is 10.1. The van der Waals surface area contributed by atoms with Crippen LogP contribution in [0.25, 0.3) is 10.9 Å². The fourth-order valence-corrected chi connectivity index (χ4v) is 3.08. The normalized spacial score (nSPS) is 20.3. The summed E-state index contributed by atoms with van der Waals surface area (Å²) < 4.78 is 15.9. The van der Waals surface area contributed by atoms with Gasteiger partial charge in [-0.1, -0.05) is 12.1 Å². The van der Waals surface area contributed by atoms with Gasteiger partial charge in [-0.25, -0.2) is 4.39 Å². The Morgan fingerprint density at radius 3 is 2.88 bits per heavy atom. The van der Waals surface area contributed by atoms with Crippen molar-refractivity contribution in [3.05, 3.63) is 35.3 Å². The van der Waals surface area contributed by atoms with Crippen molar-refractivity contribution in [1.29, 1.82) is 0 Å². The summed E-state index contributed by atoms with van der Waals surface area (Å²) in [5, 5.41) is 4.53. The Balaban J connectivity index is 2.28. The molecule has 1 aromatic carbocycles. The van der Waals surface area contributed by atoms with E-state index in [1.54, 1.807) is 6.07 Å². The predicted octanol–water partition coefficient (Wildman–Crippen LogP) is 3.05. The Morgan fingerprint density at radius 1 is 1.41 bits per heavy atom. The Morgan fingerprint density at radius 2 is 2.24 bits per heavy atom. The van der Waals surface area contributed by atoms with E-state index in [1.807, 2.05) is 17.7 Å². The van der Waals surface area contributed by atoms with Gasteiger partial charge in [-0.3, -0.25) is 0 Å². The molecule has 3 rings (SSSR count). The molecule has 0 saturated carbocycles. The molecule has 1 fully saturated rings. The summed E-state index contributed by atoms with van der Waals surface area (Å²) in [6.07, 6.45) is 2.35.